The van der Waals surface area contributed by atoms with Gasteiger partial charge < -0.3 is 10.5 Å². The van der Waals surface area contributed by atoms with E-state index in [1.54, 1.807) is 0 Å². The van der Waals surface area contributed by atoms with Crippen molar-refractivity contribution in [3.05, 3.63) is 28.8 Å². The van der Waals surface area contributed by atoms with Gasteiger partial charge in [0.25, 0.3) is 0 Å². The van der Waals surface area contributed by atoms with Crippen LogP contribution in [0.4, 0.5) is 0 Å². The maximum atomic E-state index is 6.05. The molecule has 0 saturated heterocycles. The fraction of sp³-hybridized carbons (Fsp3) is 0.400. The van der Waals surface area contributed by atoms with Gasteiger partial charge in [-0.15, -0.1) is 0 Å². The molecule has 72 valence electrons. The van der Waals surface area contributed by atoms with E-state index >= 15 is 0 Å². The quantitative estimate of drug-likeness (QED) is 0.812. The summed E-state index contributed by atoms with van der Waals surface area (Å²) in [6.45, 7) is 4.37. The van der Waals surface area contributed by atoms with E-state index in [4.69, 9.17) is 22.1 Å². The summed E-state index contributed by atoms with van der Waals surface area (Å²) < 4.78 is 5.50. The first-order chi connectivity index (χ1) is 6.15. The standard InChI is InChI=1S/C10H14ClNO/c1-7(2)13-9-5-3-4-8(6-12)10(9)11/h3-5,7H,6,12H2,1-2H3. The molecule has 3 heteroatoms. The lowest BCUT2D eigenvalue weighted by molar-refractivity contribution is 0.242. The predicted octanol–water partition coefficient (Wildman–Crippen LogP) is 2.59. The molecule has 0 aromatic heterocycles. The Bertz CT molecular complexity index is 286. The third-order valence-electron chi connectivity index (χ3n) is 1.63. The zero-order valence-corrected chi connectivity index (χ0v) is 8.64. The Hall–Kier alpha value is -0.730. The Labute approximate surface area is 83.6 Å². The monoisotopic (exact) mass is 199 g/mol. The van der Waals surface area contributed by atoms with Crippen molar-refractivity contribution in [1.82, 2.24) is 0 Å². The van der Waals surface area contributed by atoms with E-state index in [1.807, 2.05) is 32.0 Å². The normalized spacial score (nSPS) is 10.5. The molecule has 0 unspecified atom stereocenters. The Kier molecular flexibility index (Phi) is 3.58. The fourth-order valence-electron chi connectivity index (χ4n) is 1.06. The van der Waals surface area contributed by atoms with Gasteiger partial charge in [0.2, 0.25) is 0 Å². The molecule has 1 rings (SSSR count). The lowest BCUT2D eigenvalue weighted by Crippen LogP contribution is -2.07. The average molecular weight is 200 g/mol. The zero-order valence-electron chi connectivity index (χ0n) is 7.88. The smallest absolute Gasteiger partial charge is 0.138 e. The summed E-state index contributed by atoms with van der Waals surface area (Å²) in [7, 11) is 0. The first-order valence-electron chi connectivity index (χ1n) is 4.29. The molecule has 1 aromatic rings. The Balaban J connectivity index is 2.94. The summed E-state index contributed by atoms with van der Waals surface area (Å²) in [5.74, 6) is 0.708. The van der Waals surface area contributed by atoms with Gasteiger partial charge in [-0.2, -0.15) is 0 Å². The van der Waals surface area contributed by atoms with Gasteiger partial charge >= 0.3 is 0 Å². The van der Waals surface area contributed by atoms with Crippen molar-refractivity contribution in [3.63, 3.8) is 0 Å². The van der Waals surface area contributed by atoms with E-state index in [9.17, 15) is 0 Å². The highest BCUT2D eigenvalue weighted by Crippen LogP contribution is 2.28. The minimum Gasteiger partial charge on any atom is -0.489 e. The van der Waals surface area contributed by atoms with Crippen LogP contribution < -0.4 is 10.5 Å². The summed E-state index contributed by atoms with van der Waals surface area (Å²) >= 11 is 6.05. The minimum absolute atomic E-state index is 0.130. The largest absolute Gasteiger partial charge is 0.489 e. The van der Waals surface area contributed by atoms with Crippen molar-refractivity contribution in [1.29, 1.82) is 0 Å². The summed E-state index contributed by atoms with van der Waals surface area (Å²) in [5, 5.41) is 0.624. The molecule has 0 radical (unpaired) electrons. The second-order valence-electron chi connectivity index (χ2n) is 3.10. The number of halogens is 1. The SMILES string of the molecule is CC(C)Oc1cccc(CN)c1Cl. The minimum atomic E-state index is 0.130. The molecule has 2 N–H and O–H groups in total. The number of benzene rings is 1. The fourth-order valence-corrected chi connectivity index (χ4v) is 1.31. The molecule has 0 aliphatic rings. The molecule has 1 aromatic carbocycles. The van der Waals surface area contributed by atoms with Crippen LogP contribution in [0, 0.1) is 0 Å². The first kappa shape index (κ1) is 10.4. The molecule has 0 bridgehead atoms. The van der Waals surface area contributed by atoms with Gasteiger partial charge in [0, 0.05) is 6.54 Å². The molecule has 0 aliphatic heterocycles. The highest BCUT2D eigenvalue weighted by Gasteiger charge is 2.06. The van der Waals surface area contributed by atoms with Crippen molar-refractivity contribution >= 4 is 11.6 Å². The van der Waals surface area contributed by atoms with Gasteiger partial charge in [-0.1, -0.05) is 23.7 Å². The van der Waals surface area contributed by atoms with Crippen LogP contribution in [0.2, 0.25) is 5.02 Å². The maximum absolute atomic E-state index is 6.05. The second-order valence-corrected chi connectivity index (χ2v) is 3.48. The summed E-state index contributed by atoms with van der Waals surface area (Å²) in [5.41, 5.74) is 6.43. The molecule has 0 aliphatic carbocycles. The number of hydrogen-bond acceptors (Lipinski definition) is 2. The van der Waals surface area contributed by atoms with Gasteiger partial charge in [-0.3, -0.25) is 0 Å². The van der Waals surface area contributed by atoms with Gasteiger partial charge in [0.1, 0.15) is 5.75 Å². The molecule has 0 atom stereocenters. The van der Waals surface area contributed by atoms with Crippen LogP contribution in [0.15, 0.2) is 18.2 Å². The average Bonchev–Trinajstić information content (AvgIpc) is 2.08. The number of hydrogen-bond donors (Lipinski definition) is 1. The summed E-state index contributed by atoms with van der Waals surface area (Å²) in [6.07, 6.45) is 0.130. The topological polar surface area (TPSA) is 35.2 Å². The van der Waals surface area contributed by atoms with Crippen LogP contribution in [0.5, 0.6) is 5.75 Å². The van der Waals surface area contributed by atoms with Crippen molar-refractivity contribution < 1.29 is 4.74 Å². The zero-order chi connectivity index (χ0) is 9.84. The first-order valence-corrected chi connectivity index (χ1v) is 4.67. The lowest BCUT2D eigenvalue weighted by atomic mass is 10.2. The van der Waals surface area contributed by atoms with Crippen molar-refractivity contribution in [2.45, 2.75) is 26.5 Å². The molecule has 13 heavy (non-hydrogen) atoms. The van der Waals surface area contributed by atoms with Crippen LogP contribution in [-0.4, -0.2) is 6.10 Å². The number of nitrogens with two attached hydrogens (primary N) is 1. The molecule has 0 amide bonds. The van der Waals surface area contributed by atoms with Crippen molar-refractivity contribution in [2.75, 3.05) is 0 Å². The van der Waals surface area contributed by atoms with Gasteiger partial charge in [-0.25, -0.2) is 0 Å². The molecule has 0 spiro atoms. The van der Waals surface area contributed by atoms with E-state index in [0.29, 0.717) is 17.3 Å². The predicted molar refractivity (Wildman–Crippen MR) is 55.1 cm³/mol. The third kappa shape index (κ3) is 2.61. The number of ether oxygens (including phenoxy) is 1. The Morgan fingerprint density at radius 2 is 2.15 bits per heavy atom. The van der Waals surface area contributed by atoms with Crippen molar-refractivity contribution in [2.24, 2.45) is 5.73 Å². The Morgan fingerprint density at radius 3 is 2.69 bits per heavy atom. The maximum Gasteiger partial charge on any atom is 0.138 e. The van der Waals surface area contributed by atoms with E-state index in [2.05, 4.69) is 0 Å². The van der Waals surface area contributed by atoms with Crippen LogP contribution in [0.25, 0.3) is 0 Å². The van der Waals surface area contributed by atoms with Crippen LogP contribution >= 0.6 is 11.6 Å². The highest BCUT2D eigenvalue weighted by molar-refractivity contribution is 6.32. The molecular formula is C10H14ClNO. The van der Waals surface area contributed by atoms with Gasteiger partial charge in [0.05, 0.1) is 11.1 Å². The van der Waals surface area contributed by atoms with Crippen LogP contribution in [0.1, 0.15) is 19.4 Å². The second kappa shape index (κ2) is 4.49. The third-order valence-corrected chi connectivity index (χ3v) is 2.05. The van der Waals surface area contributed by atoms with E-state index in [-0.39, 0.29) is 6.10 Å². The van der Waals surface area contributed by atoms with Crippen molar-refractivity contribution in [3.8, 4) is 5.75 Å². The molecule has 0 heterocycles. The number of rotatable bonds is 3. The lowest BCUT2D eigenvalue weighted by Gasteiger charge is -2.12. The van der Waals surface area contributed by atoms with Crippen LogP contribution in [0.3, 0.4) is 0 Å². The van der Waals surface area contributed by atoms with Crippen LogP contribution in [-0.2, 0) is 6.54 Å². The van der Waals surface area contributed by atoms with Gasteiger partial charge in [0.15, 0.2) is 0 Å². The van der Waals surface area contributed by atoms with E-state index in [0.717, 1.165) is 5.56 Å². The summed E-state index contributed by atoms with van der Waals surface area (Å²) in [4.78, 5) is 0. The van der Waals surface area contributed by atoms with E-state index in [1.165, 1.54) is 0 Å². The molecule has 0 saturated carbocycles. The molecule has 0 fully saturated rings. The molecular weight excluding hydrogens is 186 g/mol. The molecule has 2 nitrogen and oxygen atoms in total. The van der Waals surface area contributed by atoms with Gasteiger partial charge in [-0.05, 0) is 25.5 Å². The summed E-state index contributed by atoms with van der Waals surface area (Å²) in [6, 6.07) is 5.64. The highest BCUT2D eigenvalue weighted by atomic mass is 35.5. The Morgan fingerprint density at radius 1 is 1.46 bits per heavy atom. The van der Waals surface area contributed by atoms with E-state index < -0.39 is 0 Å².